The lowest BCUT2D eigenvalue weighted by Gasteiger charge is -2.12. The highest BCUT2D eigenvalue weighted by Crippen LogP contribution is 2.12. The fourth-order valence-corrected chi connectivity index (χ4v) is 2.07. The largest absolute Gasteiger partial charge is 0.316 e. The van der Waals surface area contributed by atoms with Gasteiger partial charge in [-0.1, -0.05) is 69.9 Å². The zero-order chi connectivity index (χ0) is 12.3. The molecule has 0 spiro atoms. The van der Waals surface area contributed by atoms with Gasteiger partial charge in [0.1, 0.15) is 0 Å². The van der Waals surface area contributed by atoms with Gasteiger partial charge in [-0.05, 0) is 24.4 Å². The summed E-state index contributed by atoms with van der Waals surface area (Å²) in [6.45, 7) is 6.82. The zero-order valence-electron chi connectivity index (χ0n) is 11.8. The number of benzene rings is 1. The maximum atomic E-state index is 3.56. The van der Waals surface area contributed by atoms with Crippen LogP contribution in [0.3, 0.4) is 0 Å². The second-order valence-electron chi connectivity index (χ2n) is 4.93. The van der Waals surface area contributed by atoms with Crippen molar-refractivity contribution in [1.29, 1.82) is 0 Å². The first-order chi connectivity index (χ1) is 8.34. The fraction of sp³-hybridized carbons (Fsp3) is 0.625. The lowest BCUT2D eigenvalue weighted by atomic mass is 10.0. The number of rotatable bonds is 9. The van der Waals surface area contributed by atoms with E-state index in [2.05, 4.69) is 49.5 Å². The van der Waals surface area contributed by atoms with Crippen molar-refractivity contribution in [2.75, 3.05) is 13.1 Å². The van der Waals surface area contributed by atoms with Crippen molar-refractivity contribution < 1.29 is 0 Å². The van der Waals surface area contributed by atoms with Crippen molar-refractivity contribution in [1.82, 2.24) is 5.32 Å². The minimum Gasteiger partial charge on any atom is -0.316 e. The molecule has 0 fully saturated rings. The van der Waals surface area contributed by atoms with E-state index in [-0.39, 0.29) is 12.4 Å². The molecule has 18 heavy (non-hydrogen) atoms. The summed E-state index contributed by atoms with van der Waals surface area (Å²) in [5.41, 5.74) is 1.44. The first kappa shape index (κ1) is 17.5. The molecule has 1 N–H and O–H groups in total. The van der Waals surface area contributed by atoms with Crippen molar-refractivity contribution in [3.8, 4) is 0 Å². The molecule has 2 heteroatoms. The van der Waals surface area contributed by atoms with Gasteiger partial charge < -0.3 is 5.32 Å². The summed E-state index contributed by atoms with van der Waals surface area (Å²) in [6.07, 6.45) is 6.81. The Morgan fingerprint density at radius 3 is 2.33 bits per heavy atom. The number of nitrogens with one attached hydrogen (secondary N) is 1. The van der Waals surface area contributed by atoms with Gasteiger partial charge in [-0.15, -0.1) is 12.4 Å². The van der Waals surface area contributed by atoms with E-state index < -0.39 is 0 Å². The summed E-state index contributed by atoms with van der Waals surface area (Å²) in [7, 11) is 0. The lowest BCUT2D eigenvalue weighted by molar-refractivity contribution is 0.560. The van der Waals surface area contributed by atoms with Gasteiger partial charge in [0.25, 0.3) is 0 Å². The Balaban J connectivity index is 0.00000289. The van der Waals surface area contributed by atoms with E-state index in [1.165, 1.54) is 44.2 Å². The van der Waals surface area contributed by atoms with Crippen LogP contribution >= 0.6 is 12.4 Å². The maximum Gasteiger partial charge on any atom is 0.00174 e. The number of hydrogen-bond acceptors (Lipinski definition) is 1. The molecule has 0 bridgehead atoms. The second-order valence-corrected chi connectivity index (χ2v) is 4.93. The van der Waals surface area contributed by atoms with E-state index in [9.17, 15) is 0 Å². The Hall–Kier alpha value is -0.530. The molecule has 1 rings (SSSR count). The molecule has 1 aromatic carbocycles. The minimum absolute atomic E-state index is 0. The van der Waals surface area contributed by atoms with Gasteiger partial charge in [-0.3, -0.25) is 0 Å². The van der Waals surface area contributed by atoms with Gasteiger partial charge in [0, 0.05) is 6.54 Å². The Kier molecular flexibility index (Phi) is 11.2. The fourth-order valence-electron chi connectivity index (χ4n) is 2.07. The first-order valence-corrected chi connectivity index (χ1v) is 7.10. The topological polar surface area (TPSA) is 12.0 Å². The number of unbranched alkanes of at least 4 members (excludes halogenated alkanes) is 4. The Morgan fingerprint density at radius 2 is 1.67 bits per heavy atom. The summed E-state index contributed by atoms with van der Waals surface area (Å²) in [5, 5.41) is 3.56. The van der Waals surface area contributed by atoms with Crippen LogP contribution < -0.4 is 5.32 Å². The summed E-state index contributed by atoms with van der Waals surface area (Å²) < 4.78 is 0. The predicted molar refractivity (Wildman–Crippen MR) is 83.7 cm³/mol. The second kappa shape index (κ2) is 11.6. The van der Waals surface area contributed by atoms with Crippen LogP contribution in [-0.4, -0.2) is 13.1 Å². The SMILES string of the molecule is CCCCCCCNCC(C)c1ccccc1.Cl. The molecule has 0 aromatic heterocycles. The molecule has 1 unspecified atom stereocenters. The van der Waals surface area contributed by atoms with E-state index in [0.29, 0.717) is 5.92 Å². The van der Waals surface area contributed by atoms with Gasteiger partial charge in [0.05, 0.1) is 0 Å². The molecular formula is C16H28ClN. The number of hydrogen-bond donors (Lipinski definition) is 1. The van der Waals surface area contributed by atoms with Gasteiger partial charge in [-0.2, -0.15) is 0 Å². The average Bonchev–Trinajstić information content (AvgIpc) is 2.38. The van der Waals surface area contributed by atoms with Crippen LogP contribution in [0.5, 0.6) is 0 Å². The van der Waals surface area contributed by atoms with Crippen molar-refractivity contribution in [2.45, 2.75) is 51.9 Å². The quantitative estimate of drug-likeness (QED) is 0.637. The molecule has 1 nitrogen and oxygen atoms in total. The van der Waals surface area contributed by atoms with Gasteiger partial charge >= 0.3 is 0 Å². The first-order valence-electron chi connectivity index (χ1n) is 7.10. The molecule has 0 saturated heterocycles. The normalized spacial score (nSPS) is 11.9. The van der Waals surface area contributed by atoms with Gasteiger partial charge in [0.2, 0.25) is 0 Å². The van der Waals surface area contributed by atoms with E-state index >= 15 is 0 Å². The molecule has 1 aromatic rings. The standard InChI is InChI=1S/C16H27N.ClH/c1-3-4-5-6-10-13-17-14-15(2)16-11-8-7-9-12-16;/h7-9,11-12,15,17H,3-6,10,13-14H2,1-2H3;1H. The Labute approximate surface area is 119 Å². The molecular weight excluding hydrogens is 242 g/mol. The Bertz CT molecular complexity index is 274. The van der Waals surface area contributed by atoms with Crippen LogP contribution in [0.4, 0.5) is 0 Å². The monoisotopic (exact) mass is 269 g/mol. The molecule has 0 radical (unpaired) electrons. The van der Waals surface area contributed by atoms with Crippen molar-refractivity contribution in [2.24, 2.45) is 0 Å². The van der Waals surface area contributed by atoms with Crippen molar-refractivity contribution in [3.05, 3.63) is 35.9 Å². The third kappa shape index (κ3) is 7.73. The van der Waals surface area contributed by atoms with Crippen LogP contribution in [0.15, 0.2) is 30.3 Å². The highest BCUT2D eigenvalue weighted by atomic mass is 35.5. The predicted octanol–water partition coefficient (Wildman–Crippen LogP) is 4.77. The molecule has 0 saturated carbocycles. The van der Waals surface area contributed by atoms with E-state index in [1.807, 2.05) is 0 Å². The molecule has 104 valence electrons. The van der Waals surface area contributed by atoms with E-state index in [0.717, 1.165) is 6.54 Å². The summed E-state index contributed by atoms with van der Waals surface area (Å²) >= 11 is 0. The van der Waals surface area contributed by atoms with E-state index in [4.69, 9.17) is 0 Å². The smallest absolute Gasteiger partial charge is 0.00174 e. The lowest BCUT2D eigenvalue weighted by Crippen LogP contribution is -2.21. The summed E-state index contributed by atoms with van der Waals surface area (Å²) in [5.74, 6) is 0.617. The molecule has 0 amide bonds. The highest BCUT2D eigenvalue weighted by molar-refractivity contribution is 5.85. The van der Waals surface area contributed by atoms with Gasteiger partial charge in [0.15, 0.2) is 0 Å². The summed E-state index contributed by atoms with van der Waals surface area (Å²) in [6, 6.07) is 10.8. The van der Waals surface area contributed by atoms with Crippen LogP contribution in [0.1, 0.15) is 57.4 Å². The zero-order valence-corrected chi connectivity index (χ0v) is 12.6. The van der Waals surface area contributed by atoms with Crippen LogP contribution in [0.25, 0.3) is 0 Å². The molecule has 0 heterocycles. The third-order valence-electron chi connectivity index (χ3n) is 3.28. The minimum atomic E-state index is 0. The van der Waals surface area contributed by atoms with Crippen LogP contribution in [0.2, 0.25) is 0 Å². The molecule has 0 aliphatic carbocycles. The highest BCUT2D eigenvalue weighted by Gasteiger charge is 2.03. The number of halogens is 1. The molecule has 1 atom stereocenters. The van der Waals surface area contributed by atoms with Crippen molar-refractivity contribution >= 4 is 12.4 Å². The van der Waals surface area contributed by atoms with Crippen LogP contribution in [-0.2, 0) is 0 Å². The van der Waals surface area contributed by atoms with Crippen molar-refractivity contribution in [3.63, 3.8) is 0 Å². The van der Waals surface area contributed by atoms with E-state index in [1.54, 1.807) is 0 Å². The molecule has 0 aliphatic heterocycles. The Morgan fingerprint density at radius 1 is 1.00 bits per heavy atom. The van der Waals surface area contributed by atoms with Crippen LogP contribution in [0, 0.1) is 0 Å². The average molecular weight is 270 g/mol. The third-order valence-corrected chi connectivity index (χ3v) is 3.28. The van der Waals surface area contributed by atoms with Gasteiger partial charge in [-0.25, -0.2) is 0 Å². The maximum absolute atomic E-state index is 3.56. The molecule has 0 aliphatic rings. The summed E-state index contributed by atoms with van der Waals surface area (Å²) in [4.78, 5) is 0.